The highest BCUT2D eigenvalue weighted by Gasteiger charge is 2.10. The molecule has 0 unspecified atom stereocenters. The summed E-state index contributed by atoms with van der Waals surface area (Å²) in [5.41, 5.74) is 0.793. The molecule has 0 radical (unpaired) electrons. The molecule has 2 aromatic heterocycles. The fourth-order valence-corrected chi connectivity index (χ4v) is 2.01. The van der Waals surface area contributed by atoms with Gasteiger partial charge in [0.25, 0.3) is 0 Å². The Kier molecular flexibility index (Phi) is 3.11. The third-order valence-electron chi connectivity index (χ3n) is 2.63. The number of hydrogen-bond acceptors (Lipinski definition) is 4. The van der Waals surface area contributed by atoms with Gasteiger partial charge >= 0.3 is 5.97 Å². The summed E-state index contributed by atoms with van der Waals surface area (Å²) >= 11 is 3.32. The van der Waals surface area contributed by atoms with E-state index in [0.717, 1.165) is 0 Å². The number of aromatic nitrogens is 3. The van der Waals surface area contributed by atoms with Crippen molar-refractivity contribution in [2.24, 2.45) is 0 Å². The molecule has 1 aromatic carbocycles. The first-order valence-electron chi connectivity index (χ1n) is 5.64. The monoisotopic (exact) mass is 333 g/mol. The van der Waals surface area contributed by atoms with Crippen LogP contribution in [0.2, 0.25) is 0 Å². The summed E-state index contributed by atoms with van der Waals surface area (Å²) in [5.74, 6) is -0.260. The van der Waals surface area contributed by atoms with Crippen molar-refractivity contribution in [2.45, 2.75) is 0 Å². The second-order valence-corrected chi connectivity index (χ2v) is 4.81. The number of carbonyl (C=O) groups is 1. The van der Waals surface area contributed by atoms with Gasteiger partial charge in [-0.15, -0.1) is 0 Å². The number of rotatable bonds is 3. The molecule has 0 saturated carbocycles. The van der Waals surface area contributed by atoms with Crippen molar-refractivity contribution < 1.29 is 14.6 Å². The molecular weight excluding hydrogens is 326 g/mol. The summed E-state index contributed by atoms with van der Waals surface area (Å²) in [7, 11) is 0. The minimum absolute atomic E-state index is 0.147. The van der Waals surface area contributed by atoms with E-state index in [9.17, 15) is 4.79 Å². The molecule has 7 heteroatoms. The molecule has 100 valence electrons. The minimum atomic E-state index is -1.01. The Morgan fingerprint density at radius 3 is 2.95 bits per heavy atom. The molecule has 0 atom stereocenters. The van der Waals surface area contributed by atoms with Crippen molar-refractivity contribution in [3.8, 4) is 11.6 Å². The average Bonchev–Trinajstić information content (AvgIpc) is 2.88. The lowest BCUT2D eigenvalue weighted by atomic mass is 10.2. The Morgan fingerprint density at radius 2 is 2.15 bits per heavy atom. The maximum absolute atomic E-state index is 11.0. The van der Waals surface area contributed by atoms with Crippen LogP contribution in [0, 0.1) is 0 Å². The van der Waals surface area contributed by atoms with E-state index in [2.05, 4.69) is 26.0 Å². The molecule has 1 N–H and O–H groups in total. The number of halogens is 1. The minimum Gasteiger partial charge on any atom is -0.478 e. The summed E-state index contributed by atoms with van der Waals surface area (Å²) in [6.45, 7) is 0. The van der Waals surface area contributed by atoms with Gasteiger partial charge in [0.05, 0.1) is 16.2 Å². The molecule has 0 amide bonds. The third kappa shape index (κ3) is 2.35. The predicted molar refractivity (Wildman–Crippen MR) is 74.2 cm³/mol. The van der Waals surface area contributed by atoms with Gasteiger partial charge in [-0.1, -0.05) is 0 Å². The number of hydrogen-bond donors (Lipinski definition) is 1. The van der Waals surface area contributed by atoms with Gasteiger partial charge in [-0.05, 0) is 34.1 Å². The SMILES string of the molecule is O=C(O)c1ccc(Br)c(Oc2ccn3nccc3n2)c1. The van der Waals surface area contributed by atoms with Crippen molar-refractivity contribution in [3.05, 3.63) is 52.8 Å². The van der Waals surface area contributed by atoms with E-state index in [1.54, 1.807) is 35.1 Å². The predicted octanol–water partition coefficient (Wildman–Crippen LogP) is 2.98. The zero-order valence-corrected chi connectivity index (χ0v) is 11.6. The zero-order chi connectivity index (χ0) is 14.1. The largest absolute Gasteiger partial charge is 0.478 e. The number of nitrogens with zero attached hydrogens (tertiary/aromatic N) is 3. The van der Waals surface area contributed by atoms with Gasteiger partial charge in [0.2, 0.25) is 5.88 Å². The Morgan fingerprint density at radius 1 is 1.30 bits per heavy atom. The van der Waals surface area contributed by atoms with Gasteiger partial charge in [-0.3, -0.25) is 0 Å². The standard InChI is InChI=1S/C13H8BrN3O3/c14-9-2-1-8(13(18)19)7-10(9)20-12-4-6-17-11(16-12)3-5-15-17/h1-7H,(H,18,19). The van der Waals surface area contributed by atoms with Crippen LogP contribution in [0.3, 0.4) is 0 Å². The molecule has 0 aliphatic heterocycles. The van der Waals surface area contributed by atoms with Crippen molar-refractivity contribution >= 4 is 27.5 Å². The number of carboxylic acid groups (broad SMARTS) is 1. The fourth-order valence-electron chi connectivity index (χ4n) is 1.68. The van der Waals surface area contributed by atoms with Crippen LogP contribution in [-0.4, -0.2) is 25.7 Å². The summed E-state index contributed by atoms with van der Waals surface area (Å²) in [5, 5.41) is 13.0. The first-order valence-corrected chi connectivity index (χ1v) is 6.44. The maximum atomic E-state index is 11.0. The van der Waals surface area contributed by atoms with E-state index in [1.807, 2.05) is 0 Å². The third-order valence-corrected chi connectivity index (χ3v) is 3.28. The Labute approximate surface area is 121 Å². The van der Waals surface area contributed by atoms with Crippen LogP contribution < -0.4 is 4.74 Å². The number of benzene rings is 1. The van der Waals surface area contributed by atoms with Crippen molar-refractivity contribution in [1.82, 2.24) is 14.6 Å². The lowest BCUT2D eigenvalue weighted by Gasteiger charge is -2.07. The van der Waals surface area contributed by atoms with Crippen LogP contribution in [-0.2, 0) is 0 Å². The Bertz CT molecular complexity index is 800. The second kappa shape index (κ2) is 4.93. The second-order valence-electron chi connectivity index (χ2n) is 3.95. The van der Waals surface area contributed by atoms with E-state index >= 15 is 0 Å². The molecule has 0 fully saturated rings. The van der Waals surface area contributed by atoms with Crippen LogP contribution in [0.5, 0.6) is 11.6 Å². The van der Waals surface area contributed by atoms with Crippen LogP contribution in [0.4, 0.5) is 0 Å². The molecule has 0 spiro atoms. The number of ether oxygens (including phenoxy) is 1. The zero-order valence-electron chi connectivity index (χ0n) is 10.0. The first-order chi connectivity index (χ1) is 9.63. The normalized spacial score (nSPS) is 10.7. The highest BCUT2D eigenvalue weighted by Crippen LogP contribution is 2.30. The van der Waals surface area contributed by atoms with Gasteiger partial charge < -0.3 is 9.84 Å². The van der Waals surface area contributed by atoms with Crippen molar-refractivity contribution in [2.75, 3.05) is 0 Å². The quantitative estimate of drug-likeness (QED) is 0.797. The van der Waals surface area contributed by atoms with Gasteiger partial charge in [-0.25, -0.2) is 9.31 Å². The molecule has 0 saturated heterocycles. The highest BCUT2D eigenvalue weighted by molar-refractivity contribution is 9.10. The van der Waals surface area contributed by atoms with Crippen molar-refractivity contribution in [3.63, 3.8) is 0 Å². The molecule has 0 aliphatic rings. The molecule has 0 bridgehead atoms. The smallest absolute Gasteiger partial charge is 0.335 e. The summed E-state index contributed by atoms with van der Waals surface area (Å²) in [4.78, 5) is 15.2. The summed E-state index contributed by atoms with van der Waals surface area (Å²) in [6, 6.07) is 7.95. The topological polar surface area (TPSA) is 76.7 Å². The molecule has 3 rings (SSSR count). The number of fused-ring (bicyclic) bond motifs is 1. The number of aromatic carboxylic acids is 1. The van der Waals surface area contributed by atoms with Crippen molar-refractivity contribution in [1.29, 1.82) is 0 Å². The summed E-state index contributed by atoms with van der Waals surface area (Å²) < 4.78 is 7.87. The Balaban J connectivity index is 1.97. The Hall–Kier alpha value is -2.41. The maximum Gasteiger partial charge on any atom is 0.335 e. The van der Waals surface area contributed by atoms with Crippen LogP contribution in [0.1, 0.15) is 10.4 Å². The van der Waals surface area contributed by atoms with E-state index in [-0.39, 0.29) is 5.56 Å². The van der Waals surface area contributed by atoms with Crippen LogP contribution in [0.15, 0.2) is 47.2 Å². The van der Waals surface area contributed by atoms with E-state index in [4.69, 9.17) is 9.84 Å². The summed E-state index contributed by atoms with van der Waals surface area (Å²) in [6.07, 6.45) is 3.35. The molecular formula is C13H8BrN3O3. The van der Waals surface area contributed by atoms with E-state index < -0.39 is 5.97 Å². The first kappa shape index (κ1) is 12.6. The van der Waals surface area contributed by atoms with Crippen LogP contribution >= 0.6 is 15.9 Å². The molecule has 3 aromatic rings. The van der Waals surface area contributed by atoms with Crippen LogP contribution in [0.25, 0.3) is 5.65 Å². The lowest BCUT2D eigenvalue weighted by molar-refractivity contribution is 0.0696. The lowest BCUT2D eigenvalue weighted by Crippen LogP contribution is -1.98. The van der Waals surface area contributed by atoms with Gasteiger partial charge in [0.15, 0.2) is 5.65 Å². The molecule has 6 nitrogen and oxygen atoms in total. The van der Waals surface area contributed by atoms with Gasteiger partial charge in [0, 0.05) is 18.3 Å². The molecule has 2 heterocycles. The molecule has 20 heavy (non-hydrogen) atoms. The van der Waals surface area contributed by atoms with E-state index in [1.165, 1.54) is 12.1 Å². The van der Waals surface area contributed by atoms with E-state index in [0.29, 0.717) is 21.7 Å². The average molecular weight is 334 g/mol. The highest BCUT2D eigenvalue weighted by atomic mass is 79.9. The van der Waals surface area contributed by atoms with Gasteiger partial charge in [0.1, 0.15) is 5.75 Å². The molecule has 0 aliphatic carbocycles. The van der Waals surface area contributed by atoms with Gasteiger partial charge in [-0.2, -0.15) is 10.1 Å². The fraction of sp³-hybridized carbons (Fsp3) is 0. The number of carboxylic acids is 1.